The van der Waals surface area contributed by atoms with Gasteiger partial charge in [-0.15, -0.1) is 0 Å². The molecule has 0 aliphatic rings. The van der Waals surface area contributed by atoms with E-state index in [1.165, 1.54) is 0 Å². The lowest BCUT2D eigenvalue weighted by Gasteiger charge is -2.01. The molecule has 1 aromatic carbocycles. The summed E-state index contributed by atoms with van der Waals surface area (Å²) in [6.07, 6.45) is 1.98. The van der Waals surface area contributed by atoms with Crippen LogP contribution in [0.2, 0.25) is 5.02 Å². The highest BCUT2D eigenvalue weighted by atomic mass is 127. The third-order valence-corrected chi connectivity index (χ3v) is 4.58. The fourth-order valence-electron chi connectivity index (χ4n) is 1.16. The largest absolute Gasteiger partial charge is 0.234 e. The second-order valence-electron chi connectivity index (χ2n) is 2.56. The first-order chi connectivity index (χ1) is 6.65. The maximum atomic E-state index is 13.6. The number of halogens is 4. The summed E-state index contributed by atoms with van der Waals surface area (Å²) in [4.78, 5) is 0. The monoisotopic (exact) mass is 406 g/mol. The van der Waals surface area contributed by atoms with Crippen molar-refractivity contribution in [2.24, 2.45) is 0 Å². The molecule has 2 aromatic rings. The maximum absolute atomic E-state index is 13.6. The smallest absolute Gasteiger partial charge is 0.168 e. The van der Waals surface area contributed by atoms with E-state index in [9.17, 15) is 4.39 Å². The second kappa shape index (κ2) is 4.20. The molecule has 74 valence electrons. The van der Waals surface area contributed by atoms with Crippen LogP contribution in [0.4, 0.5) is 4.39 Å². The minimum atomic E-state index is -0.411. The topological polar surface area (TPSA) is 17.8 Å². The first-order valence-electron chi connectivity index (χ1n) is 3.53. The SMILES string of the molecule is Fc1c(Cl)cc(Br)c2cnn(PI)c12. The van der Waals surface area contributed by atoms with Crippen molar-refractivity contribution in [3.8, 4) is 0 Å². The Morgan fingerprint density at radius 1 is 1.64 bits per heavy atom. The molecule has 0 aliphatic heterocycles. The molecule has 0 amide bonds. The molecule has 2 nitrogen and oxygen atoms in total. The van der Waals surface area contributed by atoms with Gasteiger partial charge in [0, 0.05) is 9.86 Å². The second-order valence-corrected chi connectivity index (χ2v) is 5.86. The number of benzene rings is 1. The molecule has 0 saturated heterocycles. The normalized spacial score (nSPS) is 12.0. The third kappa shape index (κ3) is 1.68. The Morgan fingerprint density at radius 3 is 3.00 bits per heavy atom. The molecule has 7 heteroatoms. The summed E-state index contributed by atoms with van der Waals surface area (Å²) in [6, 6.07) is 1.54. The van der Waals surface area contributed by atoms with Crippen molar-refractivity contribution < 1.29 is 4.39 Å². The van der Waals surface area contributed by atoms with Crippen LogP contribution in [0.5, 0.6) is 0 Å². The molecule has 0 aliphatic carbocycles. The van der Waals surface area contributed by atoms with Crippen LogP contribution in [0.25, 0.3) is 10.9 Å². The Balaban J connectivity index is 2.92. The highest BCUT2D eigenvalue weighted by molar-refractivity contribution is 14.2. The molecule has 0 spiro atoms. The van der Waals surface area contributed by atoms with E-state index in [2.05, 4.69) is 43.1 Å². The minimum Gasteiger partial charge on any atom is -0.234 e. The zero-order valence-corrected chi connectivity index (χ0v) is 12.1. The van der Waals surface area contributed by atoms with Crippen molar-refractivity contribution >= 4 is 66.8 Å². The van der Waals surface area contributed by atoms with E-state index in [4.69, 9.17) is 11.6 Å². The summed E-state index contributed by atoms with van der Waals surface area (Å²) >= 11 is 11.2. The summed E-state index contributed by atoms with van der Waals surface area (Å²) in [5, 5.41) is 4.93. The first kappa shape index (κ1) is 11.0. The molecule has 1 unspecified atom stereocenters. The lowest BCUT2D eigenvalue weighted by Crippen LogP contribution is -1.88. The van der Waals surface area contributed by atoms with Crippen molar-refractivity contribution in [1.29, 1.82) is 0 Å². The van der Waals surface area contributed by atoms with E-state index >= 15 is 0 Å². The van der Waals surface area contributed by atoms with Crippen molar-refractivity contribution in [2.75, 3.05) is 0 Å². The predicted molar refractivity (Wildman–Crippen MR) is 70.1 cm³/mol. The number of hydrogen-bond donors (Lipinski definition) is 0. The van der Waals surface area contributed by atoms with Gasteiger partial charge in [-0.05, 0) is 44.0 Å². The number of hydrogen-bond acceptors (Lipinski definition) is 1. The van der Waals surface area contributed by atoms with Gasteiger partial charge in [-0.2, -0.15) is 5.10 Å². The molecule has 0 saturated carbocycles. The zero-order valence-electron chi connectivity index (χ0n) is 6.56. The third-order valence-electron chi connectivity index (χ3n) is 1.78. The van der Waals surface area contributed by atoms with Crippen LogP contribution in [0.3, 0.4) is 0 Å². The summed E-state index contributed by atoms with van der Waals surface area (Å²) in [5.74, 6) is -0.411. The van der Waals surface area contributed by atoms with E-state index in [-0.39, 0.29) is 5.02 Å². The van der Waals surface area contributed by atoms with Crippen LogP contribution in [0.1, 0.15) is 0 Å². The molecular formula is C7H3BrClFIN2P. The molecule has 2 rings (SSSR count). The average Bonchev–Trinajstić information content (AvgIpc) is 2.58. The van der Waals surface area contributed by atoms with Crippen molar-refractivity contribution in [2.45, 2.75) is 0 Å². The molecule has 0 fully saturated rings. The van der Waals surface area contributed by atoms with Crippen molar-refractivity contribution in [1.82, 2.24) is 9.55 Å². The van der Waals surface area contributed by atoms with Gasteiger partial charge in [-0.3, -0.25) is 0 Å². The van der Waals surface area contributed by atoms with Gasteiger partial charge >= 0.3 is 0 Å². The summed E-state index contributed by atoms with van der Waals surface area (Å²) in [6.45, 7) is 0. The molecular weight excluding hydrogens is 404 g/mol. The minimum absolute atomic E-state index is 0.112. The van der Waals surface area contributed by atoms with Crippen molar-refractivity contribution in [3.05, 3.63) is 27.6 Å². The molecule has 1 heterocycles. The Hall–Kier alpha value is 0.550. The zero-order chi connectivity index (χ0) is 10.3. The van der Waals surface area contributed by atoms with Crippen LogP contribution in [0.15, 0.2) is 16.7 Å². The molecule has 1 aromatic heterocycles. The fourth-order valence-corrected chi connectivity index (χ4v) is 3.52. The average molecular weight is 407 g/mol. The van der Waals surface area contributed by atoms with Gasteiger partial charge in [0.1, 0.15) is 5.52 Å². The van der Waals surface area contributed by atoms with E-state index in [1.807, 2.05) is 0 Å². The van der Waals surface area contributed by atoms with Crippen molar-refractivity contribution in [3.63, 3.8) is 0 Å². The number of aromatic nitrogens is 2. The maximum Gasteiger partial charge on any atom is 0.168 e. The molecule has 1 atom stereocenters. The Morgan fingerprint density at radius 2 is 2.36 bits per heavy atom. The van der Waals surface area contributed by atoms with Crippen LogP contribution >= 0.6 is 55.9 Å². The summed E-state index contributed by atoms with van der Waals surface area (Å²) in [7, 11) is 0. The van der Waals surface area contributed by atoms with Crippen LogP contribution in [-0.2, 0) is 0 Å². The fraction of sp³-hybridized carbons (Fsp3) is 0. The van der Waals surface area contributed by atoms with Gasteiger partial charge in [-0.1, -0.05) is 11.6 Å². The standard InChI is InChI=1S/C7H3BrClFIN2P/c8-4-1-5(9)6(10)7-3(4)2-12-13(7)14-11/h1-2,14H. The van der Waals surface area contributed by atoms with Crippen LogP contribution in [-0.4, -0.2) is 9.55 Å². The molecule has 0 radical (unpaired) electrons. The van der Waals surface area contributed by atoms with E-state index in [1.54, 1.807) is 16.7 Å². The van der Waals surface area contributed by atoms with Gasteiger partial charge in [0.15, 0.2) is 5.82 Å². The Labute approximate surface area is 108 Å². The summed E-state index contributed by atoms with van der Waals surface area (Å²) < 4.78 is 16.0. The van der Waals surface area contributed by atoms with Gasteiger partial charge in [0.25, 0.3) is 0 Å². The lowest BCUT2D eigenvalue weighted by atomic mass is 10.2. The highest BCUT2D eigenvalue weighted by Crippen LogP contribution is 2.36. The molecule has 0 N–H and O–H groups in total. The number of fused-ring (bicyclic) bond motifs is 1. The first-order valence-corrected chi connectivity index (χ1v) is 8.76. The van der Waals surface area contributed by atoms with Crippen LogP contribution in [0, 0.1) is 5.82 Å². The van der Waals surface area contributed by atoms with Gasteiger partial charge < -0.3 is 0 Å². The Kier molecular flexibility index (Phi) is 3.31. The lowest BCUT2D eigenvalue weighted by molar-refractivity contribution is 0.635. The van der Waals surface area contributed by atoms with Crippen LogP contribution < -0.4 is 0 Å². The predicted octanol–water partition coefficient (Wildman–Crippen LogP) is 4.38. The molecule has 0 bridgehead atoms. The summed E-state index contributed by atoms with van der Waals surface area (Å²) in [5.41, 5.74) is 0.456. The van der Waals surface area contributed by atoms with E-state index in [0.29, 0.717) is 11.9 Å². The van der Waals surface area contributed by atoms with E-state index in [0.717, 1.165) is 9.86 Å². The number of nitrogens with zero attached hydrogens (tertiary/aromatic N) is 2. The van der Waals surface area contributed by atoms with Gasteiger partial charge in [-0.25, -0.2) is 8.84 Å². The molecule has 14 heavy (non-hydrogen) atoms. The number of rotatable bonds is 1. The highest BCUT2D eigenvalue weighted by Gasteiger charge is 2.14. The van der Waals surface area contributed by atoms with Gasteiger partial charge in [0.2, 0.25) is 0 Å². The van der Waals surface area contributed by atoms with E-state index < -0.39 is 5.82 Å². The quantitative estimate of drug-likeness (QED) is 0.390. The Bertz CT molecular complexity index is 504. The van der Waals surface area contributed by atoms with Gasteiger partial charge in [0.05, 0.1) is 17.6 Å².